The molecule has 9 heteroatoms. The van der Waals surface area contributed by atoms with Gasteiger partial charge >= 0.3 is 0 Å². The van der Waals surface area contributed by atoms with Crippen molar-refractivity contribution in [3.8, 4) is 5.75 Å². The third-order valence-electron chi connectivity index (χ3n) is 3.52. The number of pyridine rings is 1. The van der Waals surface area contributed by atoms with E-state index >= 15 is 0 Å². The molecule has 0 radical (unpaired) electrons. The largest absolute Gasteiger partial charge is 0.484 e. The highest BCUT2D eigenvalue weighted by Gasteiger charge is 2.03. The smallest absolute Gasteiger partial charge is 0.258 e. The van der Waals surface area contributed by atoms with Crippen LogP contribution in [0.2, 0.25) is 5.02 Å². The first kappa shape index (κ1) is 19.4. The van der Waals surface area contributed by atoms with Crippen LogP contribution in [0.1, 0.15) is 0 Å². The molecule has 8 nitrogen and oxygen atoms in total. The number of hydrogen-bond donors (Lipinski definition) is 3. The van der Waals surface area contributed by atoms with Crippen LogP contribution in [0, 0.1) is 0 Å². The van der Waals surface area contributed by atoms with Gasteiger partial charge in [-0.15, -0.1) is 0 Å². The van der Waals surface area contributed by atoms with Crippen molar-refractivity contribution in [2.75, 3.05) is 30.3 Å². The minimum absolute atomic E-state index is 0.0622. The maximum atomic E-state index is 11.8. The zero-order chi connectivity index (χ0) is 19.6. The van der Waals surface area contributed by atoms with Gasteiger partial charge in [0.05, 0.1) is 0 Å². The summed E-state index contributed by atoms with van der Waals surface area (Å²) in [5, 5.41) is 9.60. The molecule has 0 aliphatic rings. The number of halogens is 1. The lowest BCUT2D eigenvalue weighted by atomic mass is 10.3. The zero-order valence-electron chi connectivity index (χ0n) is 14.9. The van der Waals surface area contributed by atoms with Crippen molar-refractivity contribution in [1.29, 1.82) is 0 Å². The molecule has 3 rings (SSSR count). The molecule has 1 amide bonds. The van der Waals surface area contributed by atoms with Gasteiger partial charge in [-0.05, 0) is 36.4 Å². The topological polar surface area (TPSA) is 101 Å². The molecule has 144 valence electrons. The van der Waals surface area contributed by atoms with E-state index in [9.17, 15) is 4.79 Å². The van der Waals surface area contributed by atoms with E-state index in [0.29, 0.717) is 41.3 Å². The van der Waals surface area contributed by atoms with E-state index in [1.807, 2.05) is 18.2 Å². The Kier molecular flexibility index (Phi) is 6.97. The second kappa shape index (κ2) is 10.1. The third kappa shape index (κ3) is 6.40. The van der Waals surface area contributed by atoms with Crippen molar-refractivity contribution < 1.29 is 9.53 Å². The van der Waals surface area contributed by atoms with Crippen LogP contribution in [-0.2, 0) is 4.79 Å². The van der Waals surface area contributed by atoms with Crippen molar-refractivity contribution >= 4 is 35.0 Å². The van der Waals surface area contributed by atoms with Gasteiger partial charge in [0, 0.05) is 30.4 Å². The van der Waals surface area contributed by atoms with Crippen LogP contribution in [0.4, 0.5) is 17.5 Å². The summed E-state index contributed by atoms with van der Waals surface area (Å²) in [6, 6.07) is 14.2. The summed E-state index contributed by atoms with van der Waals surface area (Å²) in [7, 11) is 0. The minimum atomic E-state index is -0.211. The van der Waals surface area contributed by atoms with Crippen LogP contribution in [0.15, 0.2) is 61.1 Å². The average molecular weight is 399 g/mol. The maximum Gasteiger partial charge on any atom is 0.258 e. The molecule has 0 fully saturated rings. The molecule has 3 aromatic rings. The maximum absolute atomic E-state index is 11.8. The first-order chi connectivity index (χ1) is 13.7. The Morgan fingerprint density at radius 3 is 2.57 bits per heavy atom. The van der Waals surface area contributed by atoms with Gasteiger partial charge in [-0.25, -0.2) is 15.0 Å². The Labute approximate surface area is 167 Å². The number of nitrogens with zero attached hydrogens (tertiary/aromatic N) is 3. The fourth-order valence-electron chi connectivity index (χ4n) is 2.21. The van der Waals surface area contributed by atoms with E-state index in [1.54, 1.807) is 36.5 Å². The minimum Gasteiger partial charge on any atom is -0.484 e. The van der Waals surface area contributed by atoms with Crippen LogP contribution in [0.5, 0.6) is 5.75 Å². The Morgan fingerprint density at radius 1 is 0.964 bits per heavy atom. The predicted molar refractivity (Wildman–Crippen MR) is 108 cm³/mol. The fourth-order valence-corrected chi connectivity index (χ4v) is 2.34. The summed E-state index contributed by atoms with van der Waals surface area (Å²) in [4.78, 5) is 24.3. The predicted octanol–water partition coefficient (Wildman–Crippen LogP) is 2.88. The van der Waals surface area contributed by atoms with Crippen LogP contribution in [0.25, 0.3) is 0 Å². The van der Waals surface area contributed by atoms with Crippen molar-refractivity contribution in [3.05, 3.63) is 66.1 Å². The molecule has 2 aromatic heterocycles. The number of ether oxygens (including phenoxy) is 1. The van der Waals surface area contributed by atoms with Gasteiger partial charge < -0.3 is 20.7 Å². The molecule has 0 spiro atoms. The second-order valence-electron chi connectivity index (χ2n) is 5.65. The van der Waals surface area contributed by atoms with E-state index in [2.05, 4.69) is 30.9 Å². The van der Waals surface area contributed by atoms with E-state index in [4.69, 9.17) is 16.3 Å². The lowest BCUT2D eigenvalue weighted by Crippen LogP contribution is -2.32. The van der Waals surface area contributed by atoms with Crippen LogP contribution in [0.3, 0.4) is 0 Å². The van der Waals surface area contributed by atoms with E-state index in [0.717, 1.165) is 0 Å². The highest BCUT2D eigenvalue weighted by molar-refractivity contribution is 6.30. The molecule has 0 atom stereocenters. The number of rotatable bonds is 9. The lowest BCUT2D eigenvalue weighted by Gasteiger charge is -2.10. The van der Waals surface area contributed by atoms with Crippen LogP contribution >= 0.6 is 11.6 Å². The van der Waals surface area contributed by atoms with E-state index < -0.39 is 0 Å². The summed E-state index contributed by atoms with van der Waals surface area (Å²) in [6.07, 6.45) is 3.15. The summed E-state index contributed by atoms with van der Waals surface area (Å²) in [5.41, 5.74) is 0. The molecule has 0 bridgehead atoms. The van der Waals surface area contributed by atoms with Gasteiger partial charge in [-0.2, -0.15) is 0 Å². The number of anilines is 3. The van der Waals surface area contributed by atoms with Crippen molar-refractivity contribution in [2.45, 2.75) is 0 Å². The highest BCUT2D eigenvalue weighted by atomic mass is 35.5. The molecule has 0 unspecified atom stereocenters. The molecule has 1 aromatic carbocycles. The Hall–Kier alpha value is -3.39. The molecule has 0 saturated heterocycles. The summed E-state index contributed by atoms with van der Waals surface area (Å²) >= 11 is 5.80. The quantitative estimate of drug-likeness (QED) is 0.476. The van der Waals surface area contributed by atoms with Gasteiger partial charge in [-0.3, -0.25) is 4.79 Å². The van der Waals surface area contributed by atoms with E-state index in [-0.39, 0.29) is 12.5 Å². The van der Waals surface area contributed by atoms with Gasteiger partial charge in [-0.1, -0.05) is 17.7 Å². The number of amides is 1. The first-order valence-corrected chi connectivity index (χ1v) is 8.96. The Morgan fingerprint density at radius 2 is 1.79 bits per heavy atom. The number of nitrogens with one attached hydrogen (secondary N) is 3. The number of carbonyl (C=O) groups excluding carboxylic acids is 1. The number of aromatic nitrogens is 3. The number of carbonyl (C=O) groups is 1. The van der Waals surface area contributed by atoms with E-state index in [1.165, 1.54) is 6.33 Å². The van der Waals surface area contributed by atoms with Gasteiger partial charge in [0.15, 0.2) is 6.61 Å². The fraction of sp³-hybridized carbons (Fsp3) is 0.158. The van der Waals surface area contributed by atoms with Gasteiger partial charge in [0.25, 0.3) is 5.91 Å². The molecule has 0 saturated carbocycles. The van der Waals surface area contributed by atoms with Gasteiger partial charge in [0.1, 0.15) is 29.5 Å². The first-order valence-electron chi connectivity index (χ1n) is 8.58. The second-order valence-corrected chi connectivity index (χ2v) is 6.08. The molecule has 2 heterocycles. The standard InChI is InChI=1S/C19H19ClN6O2/c20-14-4-6-15(7-5-14)28-12-19(27)23-10-9-22-17-11-18(25-13-24-17)26-16-3-1-2-8-21-16/h1-8,11,13H,9-10,12H2,(H,23,27)(H2,21,22,24,25,26). The summed E-state index contributed by atoms with van der Waals surface area (Å²) < 4.78 is 5.38. The van der Waals surface area contributed by atoms with Crippen LogP contribution in [-0.4, -0.2) is 40.6 Å². The number of benzene rings is 1. The Bertz CT molecular complexity index is 892. The monoisotopic (exact) mass is 398 g/mol. The van der Waals surface area contributed by atoms with Crippen molar-refractivity contribution in [3.63, 3.8) is 0 Å². The molecule has 0 aliphatic carbocycles. The molecule has 3 N–H and O–H groups in total. The third-order valence-corrected chi connectivity index (χ3v) is 3.78. The lowest BCUT2D eigenvalue weighted by molar-refractivity contribution is -0.123. The van der Waals surface area contributed by atoms with Gasteiger partial charge in [0.2, 0.25) is 0 Å². The van der Waals surface area contributed by atoms with Crippen LogP contribution < -0.4 is 20.7 Å². The summed E-state index contributed by atoms with van der Waals surface area (Å²) in [6.45, 7) is 0.871. The molecule has 0 aliphatic heterocycles. The SMILES string of the molecule is O=C(COc1ccc(Cl)cc1)NCCNc1cc(Nc2ccccn2)ncn1. The average Bonchev–Trinajstić information content (AvgIpc) is 2.72. The van der Waals surface area contributed by atoms with Crippen molar-refractivity contribution in [1.82, 2.24) is 20.3 Å². The zero-order valence-corrected chi connectivity index (χ0v) is 15.7. The summed E-state index contributed by atoms with van der Waals surface area (Å²) in [5.74, 6) is 2.33. The normalized spacial score (nSPS) is 10.2. The number of hydrogen-bond acceptors (Lipinski definition) is 7. The molecule has 28 heavy (non-hydrogen) atoms. The molecular formula is C19H19ClN6O2. The molecular weight excluding hydrogens is 380 g/mol. The Balaban J connectivity index is 1.37. The highest BCUT2D eigenvalue weighted by Crippen LogP contribution is 2.15. The van der Waals surface area contributed by atoms with Crippen molar-refractivity contribution in [2.24, 2.45) is 0 Å².